The lowest BCUT2D eigenvalue weighted by Crippen LogP contribution is -2.39. The molecule has 0 aromatic heterocycles. The molecule has 1 aromatic rings. The average molecular weight is 220 g/mol. The molecule has 0 aliphatic heterocycles. The van der Waals surface area contributed by atoms with Crippen molar-refractivity contribution < 1.29 is 0 Å². The Morgan fingerprint density at radius 2 is 1.81 bits per heavy atom. The lowest BCUT2D eigenvalue weighted by Gasteiger charge is -2.34. The molecular weight excluding hydrogens is 196 g/mol. The molecule has 16 heavy (non-hydrogen) atoms. The fourth-order valence-electron chi connectivity index (χ4n) is 2.24. The lowest BCUT2D eigenvalue weighted by atomic mass is 10.0. The Bertz CT molecular complexity index is 282. The Balaban J connectivity index is 2.89. The molecule has 1 rings (SSSR count). The summed E-state index contributed by atoms with van der Waals surface area (Å²) in [6.45, 7) is 8.82. The molecule has 0 aliphatic rings. The van der Waals surface area contributed by atoms with Crippen LogP contribution in [0.15, 0.2) is 30.3 Å². The van der Waals surface area contributed by atoms with Gasteiger partial charge in [0.05, 0.1) is 0 Å². The summed E-state index contributed by atoms with van der Waals surface area (Å²) in [5.74, 6) is 0. The molecule has 0 heterocycles. The summed E-state index contributed by atoms with van der Waals surface area (Å²) in [6, 6.07) is 11.8. The van der Waals surface area contributed by atoms with Crippen LogP contribution in [0.1, 0.15) is 32.4 Å². The van der Waals surface area contributed by atoms with Crippen molar-refractivity contribution in [1.82, 2.24) is 10.2 Å². The summed E-state index contributed by atoms with van der Waals surface area (Å²) in [4.78, 5) is 2.52. The van der Waals surface area contributed by atoms with Gasteiger partial charge >= 0.3 is 0 Å². The first-order valence-electron chi connectivity index (χ1n) is 6.16. The first-order chi connectivity index (χ1) is 7.70. The third-order valence-electron chi connectivity index (χ3n) is 3.01. The third kappa shape index (κ3) is 3.32. The average Bonchev–Trinajstić information content (AvgIpc) is 2.29. The maximum absolute atomic E-state index is 3.29. The molecule has 1 N–H and O–H groups in total. The maximum atomic E-state index is 3.29. The Morgan fingerprint density at radius 1 is 1.19 bits per heavy atom. The van der Waals surface area contributed by atoms with E-state index in [9.17, 15) is 0 Å². The zero-order valence-corrected chi connectivity index (χ0v) is 10.9. The summed E-state index contributed by atoms with van der Waals surface area (Å²) in [5, 5.41) is 3.29. The summed E-state index contributed by atoms with van der Waals surface area (Å²) in [7, 11) is 2.02. The molecule has 0 radical (unpaired) electrons. The fraction of sp³-hybridized carbons (Fsp3) is 0.571. The molecule has 90 valence electrons. The smallest absolute Gasteiger partial charge is 0.0475 e. The zero-order chi connectivity index (χ0) is 12.0. The molecule has 0 amide bonds. The molecule has 0 bridgehead atoms. The highest BCUT2D eigenvalue weighted by Gasteiger charge is 2.20. The first-order valence-corrected chi connectivity index (χ1v) is 6.16. The molecular formula is C14H24N2. The van der Waals surface area contributed by atoms with Gasteiger partial charge in [-0.05, 0) is 33.0 Å². The van der Waals surface area contributed by atoms with E-state index in [1.54, 1.807) is 0 Å². The normalized spacial score (nSPS) is 13.4. The Kier molecular flexibility index (Phi) is 5.50. The SMILES string of the molecule is CCN(C(C)C)C(CNC)c1ccccc1. The minimum atomic E-state index is 0.469. The minimum Gasteiger partial charge on any atom is -0.318 e. The van der Waals surface area contributed by atoms with Crippen LogP contribution in [0.2, 0.25) is 0 Å². The number of likely N-dealkylation sites (N-methyl/N-ethyl adjacent to an activating group) is 2. The van der Waals surface area contributed by atoms with Crippen LogP contribution in [0.4, 0.5) is 0 Å². The van der Waals surface area contributed by atoms with Gasteiger partial charge < -0.3 is 5.32 Å². The predicted octanol–water partition coefficient (Wildman–Crippen LogP) is 2.68. The van der Waals surface area contributed by atoms with E-state index < -0.39 is 0 Å². The van der Waals surface area contributed by atoms with Gasteiger partial charge in [0.1, 0.15) is 0 Å². The van der Waals surface area contributed by atoms with Crippen LogP contribution in [0, 0.1) is 0 Å². The number of hydrogen-bond acceptors (Lipinski definition) is 2. The van der Waals surface area contributed by atoms with E-state index in [0.29, 0.717) is 12.1 Å². The molecule has 2 nitrogen and oxygen atoms in total. The van der Waals surface area contributed by atoms with Crippen molar-refractivity contribution in [3.05, 3.63) is 35.9 Å². The van der Waals surface area contributed by atoms with Gasteiger partial charge in [-0.1, -0.05) is 37.3 Å². The van der Waals surface area contributed by atoms with Crippen LogP contribution in [0.25, 0.3) is 0 Å². The van der Waals surface area contributed by atoms with Gasteiger partial charge in [0, 0.05) is 18.6 Å². The maximum Gasteiger partial charge on any atom is 0.0475 e. The molecule has 1 atom stereocenters. The second-order valence-electron chi connectivity index (χ2n) is 4.41. The van der Waals surface area contributed by atoms with E-state index in [1.807, 2.05) is 7.05 Å². The summed E-state index contributed by atoms with van der Waals surface area (Å²) >= 11 is 0. The second kappa shape index (κ2) is 6.66. The number of nitrogens with zero attached hydrogens (tertiary/aromatic N) is 1. The molecule has 2 heteroatoms. The van der Waals surface area contributed by atoms with Gasteiger partial charge in [-0.3, -0.25) is 4.90 Å². The Morgan fingerprint density at radius 3 is 2.25 bits per heavy atom. The van der Waals surface area contributed by atoms with Crippen LogP contribution in [0.5, 0.6) is 0 Å². The van der Waals surface area contributed by atoms with Gasteiger partial charge in [0.2, 0.25) is 0 Å². The van der Waals surface area contributed by atoms with Crippen LogP contribution in [0.3, 0.4) is 0 Å². The van der Waals surface area contributed by atoms with Crippen molar-refractivity contribution in [2.75, 3.05) is 20.1 Å². The summed E-state index contributed by atoms with van der Waals surface area (Å²) < 4.78 is 0. The highest BCUT2D eigenvalue weighted by atomic mass is 15.2. The van der Waals surface area contributed by atoms with Crippen LogP contribution >= 0.6 is 0 Å². The number of hydrogen-bond donors (Lipinski definition) is 1. The quantitative estimate of drug-likeness (QED) is 0.793. The van der Waals surface area contributed by atoms with E-state index in [2.05, 4.69) is 61.3 Å². The van der Waals surface area contributed by atoms with Crippen molar-refractivity contribution in [3.8, 4) is 0 Å². The molecule has 0 spiro atoms. The highest BCUT2D eigenvalue weighted by molar-refractivity contribution is 5.19. The Hall–Kier alpha value is -0.860. The molecule has 0 saturated heterocycles. The van der Waals surface area contributed by atoms with E-state index in [-0.39, 0.29) is 0 Å². The van der Waals surface area contributed by atoms with E-state index >= 15 is 0 Å². The van der Waals surface area contributed by atoms with Crippen molar-refractivity contribution in [3.63, 3.8) is 0 Å². The van der Waals surface area contributed by atoms with Crippen molar-refractivity contribution in [2.24, 2.45) is 0 Å². The Labute approximate surface area is 99.7 Å². The topological polar surface area (TPSA) is 15.3 Å². The van der Waals surface area contributed by atoms with Crippen molar-refractivity contribution in [1.29, 1.82) is 0 Å². The van der Waals surface area contributed by atoms with E-state index in [1.165, 1.54) is 5.56 Å². The highest BCUT2D eigenvalue weighted by Crippen LogP contribution is 2.21. The number of benzene rings is 1. The molecule has 0 saturated carbocycles. The van der Waals surface area contributed by atoms with Crippen LogP contribution in [-0.4, -0.2) is 31.1 Å². The van der Waals surface area contributed by atoms with Crippen molar-refractivity contribution in [2.45, 2.75) is 32.9 Å². The number of nitrogens with one attached hydrogen (secondary N) is 1. The molecule has 0 aliphatic carbocycles. The van der Waals surface area contributed by atoms with Gasteiger partial charge in [-0.25, -0.2) is 0 Å². The molecule has 1 unspecified atom stereocenters. The largest absolute Gasteiger partial charge is 0.318 e. The second-order valence-corrected chi connectivity index (χ2v) is 4.41. The molecule has 1 aromatic carbocycles. The van der Waals surface area contributed by atoms with Crippen LogP contribution < -0.4 is 5.32 Å². The van der Waals surface area contributed by atoms with Gasteiger partial charge in [-0.15, -0.1) is 0 Å². The van der Waals surface area contributed by atoms with Crippen molar-refractivity contribution >= 4 is 0 Å². The summed E-state index contributed by atoms with van der Waals surface area (Å²) in [6.07, 6.45) is 0. The van der Waals surface area contributed by atoms with Gasteiger partial charge in [0.15, 0.2) is 0 Å². The van der Waals surface area contributed by atoms with Crippen LogP contribution in [-0.2, 0) is 0 Å². The first kappa shape index (κ1) is 13.2. The number of rotatable bonds is 6. The van der Waals surface area contributed by atoms with Gasteiger partial charge in [0.25, 0.3) is 0 Å². The zero-order valence-electron chi connectivity index (χ0n) is 10.9. The van der Waals surface area contributed by atoms with E-state index in [0.717, 1.165) is 13.1 Å². The molecule has 0 fully saturated rings. The predicted molar refractivity (Wildman–Crippen MR) is 70.6 cm³/mol. The fourth-order valence-corrected chi connectivity index (χ4v) is 2.24. The third-order valence-corrected chi connectivity index (χ3v) is 3.01. The van der Waals surface area contributed by atoms with Gasteiger partial charge in [-0.2, -0.15) is 0 Å². The summed E-state index contributed by atoms with van der Waals surface area (Å²) in [5.41, 5.74) is 1.40. The lowest BCUT2D eigenvalue weighted by molar-refractivity contribution is 0.161. The minimum absolute atomic E-state index is 0.469. The van der Waals surface area contributed by atoms with E-state index in [4.69, 9.17) is 0 Å². The monoisotopic (exact) mass is 220 g/mol. The standard InChI is InChI=1S/C14H24N2/c1-5-16(12(2)3)14(11-15-4)13-9-7-6-8-10-13/h6-10,12,14-15H,5,11H2,1-4H3.